The average Bonchev–Trinajstić information content (AvgIpc) is 2.67. The normalized spacial score (nSPS) is 10.7. The minimum absolute atomic E-state index is 0.0503. The van der Waals surface area contributed by atoms with Crippen LogP contribution < -0.4 is 24.4 Å². The number of phenolic OH excluding ortho intramolecular Hbond substituents is 2. The number of hydrogen-bond acceptors (Lipinski definition) is 8. The molecule has 0 aliphatic carbocycles. The largest absolute Gasteiger partial charge is 0.507 e. The van der Waals surface area contributed by atoms with Crippen LogP contribution in [0, 0.1) is 0 Å². The fourth-order valence-electron chi connectivity index (χ4n) is 2.87. The SMILES string of the molecule is COc1cc(OC)c(-c2coc3c(OC)c(O)cc(O)c3c2=O)cc1OC. The van der Waals surface area contributed by atoms with Crippen LogP contribution in [0.3, 0.4) is 0 Å². The van der Waals surface area contributed by atoms with Gasteiger partial charge in [0.15, 0.2) is 22.8 Å². The van der Waals surface area contributed by atoms with Crippen LogP contribution in [-0.2, 0) is 0 Å². The van der Waals surface area contributed by atoms with E-state index in [4.69, 9.17) is 23.4 Å². The third-order valence-electron chi connectivity index (χ3n) is 4.16. The number of benzene rings is 2. The first-order valence-electron chi connectivity index (χ1n) is 7.81. The van der Waals surface area contributed by atoms with Crippen molar-refractivity contribution in [1.82, 2.24) is 0 Å². The quantitative estimate of drug-likeness (QED) is 0.702. The Hall–Kier alpha value is -3.55. The highest BCUT2D eigenvalue weighted by Gasteiger charge is 2.22. The third kappa shape index (κ3) is 2.84. The first-order chi connectivity index (χ1) is 13.0. The van der Waals surface area contributed by atoms with E-state index in [1.807, 2.05) is 0 Å². The van der Waals surface area contributed by atoms with Gasteiger partial charge in [0.25, 0.3) is 0 Å². The van der Waals surface area contributed by atoms with Gasteiger partial charge in [-0.1, -0.05) is 0 Å². The lowest BCUT2D eigenvalue weighted by molar-refractivity contribution is 0.349. The summed E-state index contributed by atoms with van der Waals surface area (Å²) in [5.41, 5.74) is -0.0821. The second kappa shape index (κ2) is 6.99. The number of phenols is 2. The molecule has 0 unspecified atom stereocenters. The molecule has 0 aliphatic rings. The van der Waals surface area contributed by atoms with Crippen molar-refractivity contribution in [2.24, 2.45) is 0 Å². The van der Waals surface area contributed by atoms with Crippen LogP contribution in [0.4, 0.5) is 0 Å². The molecule has 2 aromatic carbocycles. The fraction of sp³-hybridized carbons (Fsp3) is 0.211. The van der Waals surface area contributed by atoms with Gasteiger partial charge in [0.2, 0.25) is 11.2 Å². The van der Waals surface area contributed by atoms with E-state index < -0.39 is 11.2 Å². The lowest BCUT2D eigenvalue weighted by Crippen LogP contribution is -2.07. The van der Waals surface area contributed by atoms with E-state index in [1.54, 1.807) is 12.1 Å². The molecule has 142 valence electrons. The highest BCUT2D eigenvalue weighted by molar-refractivity contribution is 5.93. The molecule has 1 heterocycles. The first-order valence-corrected chi connectivity index (χ1v) is 7.81. The number of fused-ring (bicyclic) bond motifs is 1. The molecule has 1 aromatic heterocycles. The highest BCUT2D eigenvalue weighted by atomic mass is 16.5. The summed E-state index contributed by atoms with van der Waals surface area (Å²) in [6.45, 7) is 0. The average molecular weight is 374 g/mol. The fourth-order valence-corrected chi connectivity index (χ4v) is 2.87. The monoisotopic (exact) mass is 374 g/mol. The van der Waals surface area contributed by atoms with Crippen molar-refractivity contribution in [2.45, 2.75) is 0 Å². The summed E-state index contributed by atoms with van der Waals surface area (Å²) >= 11 is 0. The first kappa shape index (κ1) is 18.2. The van der Waals surface area contributed by atoms with Crippen molar-refractivity contribution in [3.8, 4) is 45.6 Å². The molecular formula is C19H18O8. The maximum Gasteiger partial charge on any atom is 0.204 e. The molecule has 0 amide bonds. The van der Waals surface area contributed by atoms with Crippen molar-refractivity contribution in [3.63, 3.8) is 0 Å². The zero-order chi connectivity index (χ0) is 19.7. The molecule has 3 aromatic rings. The molecule has 0 atom stereocenters. The summed E-state index contributed by atoms with van der Waals surface area (Å²) in [6, 6.07) is 4.17. The van der Waals surface area contributed by atoms with Gasteiger partial charge in [0, 0.05) is 17.7 Å². The van der Waals surface area contributed by atoms with Crippen LogP contribution in [0.25, 0.3) is 22.1 Å². The van der Waals surface area contributed by atoms with Crippen molar-refractivity contribution in [1.29, 1.82) is 0 Å². The van der Waals surface area contributed by atoms with Gasteiger partial charge in [0.1, 0.15) is 23.1 Å². The topological polar surface area (TPSA) is 108 Å². The van der Waals surface area contributed by atoms with Gasteiger partial charge >= 0.3 is 0 Å². The molecule has 0 saturated heterocycles. The van der Waals surface area contributed by atoms with E-state index in [9.17, 15) is 15.0 Å². The molecule has 0 spiro atoms. The summed E-state index contributed by atoms with van der Waals surface area (Å²) in [7, 11) is 5.72. The van der Waals surface area contributed by atoms with E-state index >= 15 is 0 Å². The zero-order valence-electron chi connectivity index (χ0n) is 15.2. The van der Waals surface area contributed by atoms with Crippen LogP contribution in [0.15, 0.2) is 33.7 Å². The van der Waals surface area contributed by atoms with E-state index in [0.717, 1.165) is 6.07 Å². The van der Waals surface area contributed by atoms with Gasteiger partial charge in [-0.05, 0) is 6.07 Å². The third-order valence-corrected chi connectivity index (χ3v) is 4.16. The van der Waals surface area contributed by atoms with E-state index in [0.29, 0.717) is 22.8 Å². The Labute approximate surface area is 154 Å². The molecule has 0 saturated carbocycles. The standard InChI is InChI=1S/C19H18O8/c1-23-13-7-15(25-3)14(24-2)5-9(13)10-8-27-19-16(17(10)22)11(20)6-12(21)18(19)26-4/h5-8,20-21H,1-4H3. The maximum absolute atomic E-state index is 13.1. The molecule has 0 aliphatic heterocycles. The van der Waals surface area contributed by atoms with Gasteiger partial charge in [-0.15, -0.1) is 0 Å². The summed E-state index contributed by atoms with van der Waals surface area (Å²) in [4.78, 5) is 13.1. The van der Waals surface area contributed by atoms with Crippen molar-refractivity contribution >= 4 is 11.0 Å². The highest BCUT2D eigenvalue weighted by Crippen LogP contribution is 2.42. The Kier molecular flexibility index (Phi) is 4.72. The molecule has 2 N–H and O–H groups in total. The van der Waals surface area contributed by atoms with Crippen LogP contribution in [0.2, 0.25) is 0 Å². The van der Waals surface area contributed by atoms with Crippen LogP contribution >= 0.6 is 0 Å². The Morgan fingerprint density at radius 3 is 2.00 bits per heavy atom. The second-order valence-corrected chi connectivity index (χ2v) is 5.54. The van der Waals surface area contributed by atoms with Crippen molar-refractivity contribution < 1.29 is 33.6 Å². The Morgan fingerprint density at radius 1 is 0.778 bits per heavy atom. The molecule has 27 heavy (non-hydrogen) atoms. The number of methoxy groups -OCH3 is 4. The number of rotatable bonds is 5. The number of hydrogen-bond donors (Lipinski definition) is 2. The molecule has 8 heteroatoms. The summed E-state index contributed by atoms with van der Waals surface area (Å²) in [5, 5.41) is 19.9. The Balaban J connectivity index is 2.37. The molecule has 0 radical (unpaired) electrons. The predicted molar refractivity (Wildman–Crippen MR) is 97.5 cm³/mol. The Bertz CT molecular complexity index is 1070. The minimum atomic E-state index is -0.530. The minimum Gasteiger partial charge on any atom is -0.507 e. The Morgan fingerprint density at radius 2 is 1.41 bits per heavy atom. The van der Waals surface area contributed by atoms with Gasteiger partial charge in [-0.25, -0.2) is 0 Å². The summed E-state index contributed by atoms with van der Waals surface area (Å²) in [5.74, 6) is 0.341. The predicted octanol–water partition coefficient (Wildman–Crippen LogP) is 2.91. The van der Waals surface area contributed by atoms with Crippen molar-refractivity contribution in [2.75, 3.05) is 28.4 Å². The summed E-state index contributed by atoms with van der Waals surface area (Å²) < 4.78 is 26.5. The second-order valence-electron chi connectivity index (χ2n) is 5.54. The van der Waals surface area contributed by atoms with Crippen LogP contribution in [0.5, 0.6) is 34.5 Å². The molecule has 0 fully saturated rings. The van der Waals surface area contributed by atoms with Gasteiger partial charge in [-0.2, -0.15) is 0 Å². The van der Waals surface area contributed by atoms with Gasteiger partial charge in [0.05, 0.1) is 34.0 Å². The smallest absolute Gasteiger partial charge is 0.204 e. The number of ether oxygens (including phenoxy) is 4. The van der Waals surface area contributed by atoms with Crippen molar-refractivity contribution in [3.05, 3.63) is 34.7 Å². The molecule has 8 nitrogen and oxygen atoms in total. The van der Waals surface area contributed by atoms with E-state index in [2.05, 4.69) is 0 Å². The van der Waals surface area contributed by atoms with Gasteiger partial charge in [-0.3, -0.25) is 4.79 Å². The lowest BCUT2D eigenvalue weighted by atomic mass is 10.0. The molecule has 0 bridgehead atoms. The molecule has 3 rings (SSSR count). The lowest BCUT2D eigenvalue weighted by Gasteiger charge is -2.14. The van der Waals surface area contributed by atoms with Crippen LogP contribution in [-0.4, -0.2) is 38.7 Å². The van der Waals surface area contributed by atoms with Gasteiger partial charge < -0.3 is 33.6 Å². The van der Waals surface area contributed by atoms with E-state index in [-0.39, 0.29) is 28.0 Å². The molecular weight excluding hydrogens is 356 g/mol. The van der Waals surface area contributed by atoms with Crippen LogP contribution in [0.1, 0.15) is 0 Å². The number of aromatic hydroxyl groups is 2. The zero-order valence-corrected chi connectivity index (χ0v) is 15.2. The van der Waals surface area contributed by atoms with E-state index in [1.165, 1.54) is 34.7 Å². The summed E-state index contributed by atoms with van der Waals surface area (Å²) in [6.07, 6.45) is 1.20. The maximum atomic E-state index is 13.1.